The summed E-state index contributed by atoms with van der Waals surface area (Å²) in [5.74, 6) is -3.32. The minimum absolute atomic E-state index is 0.156. The molecule has 0 aromatic heterocycles. The SMILES string of the molecule is C[C@@H](C(=O)NC(=O)CN)[N+](C)(Cc1ccccc1)C(=O)Cc1cc(F)cc(F)c1. The highest BCUT2D eigenvalue weighted by Gasteiger charge is 2.42. The van der Waals surface area contributed by atoms with E-state index in [1.165, 1.54) is 6.92 Å². The van der Waals surface area contributed by atoms with E-state index in [0.29, 0.717) is 0 Å². The number of rotatable bonds is 7. The van der Waals surface area contributed by atoms with Gasteiger partial charge in [0.05, 0.1) is 20.0 Å². The fraction of sp³-hybridized carbons (Fsp3) is 0.286. The average molecular weight is 404 g/mol. The van der Waals surface area contributed by atoms with Crippen molar-refractivity contribution >= 4 is 17.7 Å². The Bertz CT molecular complexity index is 885. The molecule has 2 aromatic rings. The molecule has 3 N–H and O–H groups in total. The molecular weight excluding hydrogens is 380 g/mol. The van der Waals surface area contributed by atoms with Gasteiger partial charge >= 0.3 is 5.91 Å². The molecule has 29 heavy (non-hydrogen) atoms. The molecule has 2 atom stereocenters. The van der Waals surface area contributed by atoms with Gasteiger partial charge in [-0.1, -0.05) is 30.3 Å². The molecule has 0 saturated carbocycles. The standard InChI is InChI=1S/C21H23F2N3O3/c1-14(21(29)25-19(27)12-24)26(2,13-15-6-4-3-5-7-15)20(28)10-16-8-17(22)11-18(23)9-16/h3-9,11,14H,10,12-13,24H2,1-2H3/p+1/t14-,26?/m0/s1. The van der Waals surface area contributed by atoms with Crippen molar-refractivity contribution in [1.29, 1.82) is 0 Å². The highest BCUT2D eigenvalue weighted by molar-refractivity contribution is 5.98. The molecule has 0 bridgehead atoms. The Hall–Kier alpha value is -2.97. The van der Waals surface area contributed by atoms with Crippen molar-refractivity contribution in [3.05, 3.63) is 71.3 Å². The molecule has 2 aromatic carbocycles. The van der Waals surface area contributed by atoms with Crippen molar-refractivity contribution < 1.29 is 27.6 Å². The third kappa shape index (κ3) is 5.75. The van der Waals surface area contributed by atoms with Crippen LogP contribution in [0.4, 0.5) is 8.78 Å². The summed E-state index contributed by atoms with van der Waals surface area (Å²) >= 11 is 0. The summed E-state index contributed by atoms with van der Waals surface area (Å²) < 4.78 is 26.6. The van der Waals surface area contributed by atoms with Crippen LogP contribution < -0.4 is 11.1 Å². The molecule has 6 nitrogen and oxygen atoms in total. The van der Waals surface area contributed by atoms with E-state index in [-0.39, 0.29) is 25.1 Å². The lowest BCUT2D eigenvalue weighted by Crippen LogP contribution is -2.61. The second kappa shape index (κ2) is 9.49. The Morgan fingerprint density at radius 2 is 1.62 bits per heavy atom. The molecule has 0 aliphatic rings. The van der Waals surface area contributed by atoms with E-state index in [9.17, 15) is 23.2 Å². The normalized spacial score (nSPS) is 14.0. The number of imide groups is 1. The number of nitrogens with two attached hydrogens (primary N) is 1. The molecular formula is C21H24F2N3O3+. The van der Waals surface area contributed by atoms with Crippen LogP contribution in [-0.2, 0) is 27.3 Å². The zero-order valence-electron chi connectivity index (χ0n) is 16.3. The lowest BCUT2D eigenvalue weighted by Gasteiger charge is -2.36. The number of amides is 3. The Kier molecular flexibility index (Phi) is 7.30. The van der Waals surface area contributed by atoms with Crippen LogP contribution in [0.3, 0.4) is 0 Å². The molecule has 0 aliphatic carbocycles. The van der Waals surface area contributed by atoms with Crippen LogP contribution in [0.15, 0.2) is 48.5 Å². The molecule has 3 amide bonds. The van der Waals surface area contributed by atoms with E-state index >= 15 is 0 Å². The van der Waals surface area contributed by atoms with E-state index in [4.69, 9.17) is 5.73 Å². The van der Waals surface area contributed by atoms with Crippen molar-refractivity contribution in [2.24, 2.45) is 5.73 Å². The van der Waals surface area contributed by atoms with Crippen LogP contribution in [0.1, 0.15) is 18.1 Å². The second-order valence-corrected chi connectivity index (χ2v) is 7.05. The highest BCUT2D eigenvalue weighted by Crippen LogP contribution is 2.21. The van der Waals surface area contributed by atoms with Crippen molar-refractivity contribution in [2.75, 3.05) is 13.6 Å². The summed E-state index contributed by atoms with van der Waals surface area (Å²) in [7, 11) is 1.56. The zero-order valence-corrected chi connectivity index (χ0v) is 16.3. The number of carbonyl (C=O) groups is 3. The van der Waals surface area contributed by atoms with Crippen molar-refractivity contribution in [3.8, 4) is 0 Å². The minimum Gasteiger partial charge on any atom is -0.322 e. The molecule has 8 heteroatoms. The van der Waals surface area contributed by atoms with Crippen LogP contribution in [0.25, 0.3) is 0 Å². The van der Waals surface area contributed by atoms with E-state index in [0.717, 1.165) is 23.8 Å². The lowest BCUT2D eigenvalue weighted by molar-refractivity contribution is -0.862. The van der Waals surface area contributed by atoms with Gasteiger partial charge in [-0.3, -0.25) is 14.9 Å². The smallest absolute Gasteiger partial charge is 0.318 e. The largest absolute Gasteiger partial charge is 0.322 e. The highest BCUT2D eigenvalue weighted by atomic mass is 19.1. The van der Waals surface area contributed by atoms with Gasteiger partial charge in [0.15, 0.2) is 6.04 Å². The fourth-order valence-electron chi connectivity index (χ4n) is 3.02. The average Bonchev–Trinajstić information content (AvgIpc) is 2.66. The number of quaternary nitrogens is 1. The van der Waals surface area contributed by atoms with Crippen LogP contribution in [0.5, 0.6) is 0 Å². The first-order valence-electron chi connectivity index (χ1n) is 9.07. The molecule has 0 radical (unpaired) electrons. The summed E-state index contributed by atoms with van der Waals surface area (Å²) in [5, 5.41) is 2.17. The number of hydrogen-bond acceptors (Lipinski definition) is 4. The summed E-state index contributed by atoms with van der Waals surface area (Å²) in [6.07, 6.45) is -0.277. The Morgan fingerprint density at radius 1 is 1.03 bits per heavy atom. The first-order chi connectivity index (χ1) is 13.7. The van der Waals surface area contributed by atoms with Crippen LogP contribution in [0, 0.1) is 11.6 Å². The van der Waals surface area contributed by atoms with E-state index in [1.54, 1.807) is 31.3 Å². The van der Waals surface area contributed by atoms with Crippen LogP contribution in [0.2, 0.25) is 0 Å². The van der Waals surface area contributed by atoms with Crippen molar-refractivity contribution in [2.45, 2.75) is 25.9 Å². The topological polar surface area (TPSA) is 89.3 Å². The van der Waals surface area contributed by atoms with Crippen LogP contribution in [-0.4, -0.2) is 41.8 Å². The number of benzene rings is 2. The number of carbonyl (C=O) groups excluding carboxylic acids is 3. The molecule has 0 aliphatic heterocycles. The molecule has 0 heterocycles. The van der Waals surface area contributed by atoms with Gasteiger partial charge in [0.1, 0.15) is 18.2 Å². The number of hydrogen-bond donors (Lipinski definition) is 2. The van der Waals surface area contributed by atoms with Crippen molar-refractivity contribution in [3.63, 3.8) is 0 Å². The number of nitrogens with one attached hydrogen (secondary N) is 1. The second-order valence-electron chi connectivity index (χ2n) is 7.05. The maximum atomic E-state index is 13.5. The molecule has 154 valence electrons. The number of likely N-dealkylation sites (N-methyl/N-ethyl adjacent to an activating group) is 1. The maximum absolute atomic E-state index is 13.5. The summed E-state index contributed by atoms with van der Waals surface area (Å²) in [5.41, 5.74) is 6.19. The third-order valence-corrected chi connectivity index (χ3v) is 4.88. The van der Waals surface area contributed by atoms with Crippen molar-refractivity contribution in [1.82, 2.24) is 5.32 Å². The van der Waals surface area contributed by atoms with Gasteiger partial charge in [-0.2, -0.15) is 0 Å². The Balaban J connectivity index is 2.35. The third-order valence-electron chi connectivity index (χ3n) is 4.88. The van der Waals surface area contributed by atoms with E-state index < -0.39 is 39.9 Å². The number of nitrogens with zero attached hydrogens (tertiary/aromatic N) is 1. The summed E-state index contributed by atoms with van der Waals surface area (Å²) in [6.45, 7) is 1.31. The molecule has 0 spiro atoms. The Labute approximate surface area is 167 Å². The first-order valence-corrected chi connectivity index (χ1v) is 9.07. The van der Waals surface area contributed by atoms with Gasteiger partial charge in [-0.15, -0.1) is 0 Å². The van der Waals surface area contributed by atoms with E-state index in [1.807, 2.05) is 6.07 Å². The van der Waals surface area contributed by atoms with Gasteiger partial charge in [0.25, 0.3) is 5.91 Å². The molecule has 0 saturated heterocycles. The summed E-state index contributed by atoms with van der Waals surface area (Å²) in [4.78, 5) is 37.3. The zero-order chi connectivity index (χ0) is 21.6. The van der Waals surface area contributed by atoms with Crippen LogP contribution >= 0.6 is 0 Å². The quantitative estimate of drug-likeness (QED) is 0.687. The fourth-order valence-corrected chi connectivity index (χ4v) is 3.02. The van der Waals surface area contributed by atoms with Gasteiger partial charge < -0.3 is 5.73 Å². The predicted octanol–water partition coefficient (Wildman–Crippen LogP) is 1.67. The number of halogens is 2. The first kappa shape index (κ1) is 22.3. The summed E-state index contributed by atoms with van der Waals surface area (Å²) in [6, 6.07) is 11.0. The molecule has 1 unspecified atom stereocenters. The maximum Gasteiger partial charge on any atom is 0.318 e. The lowest BCUT2D eigenvalue weighted by atomic mass is 10.1. The monoisotopic (exact) mass is 404 g/mol. The van der Waals surface area contributed by atoms with Gasteiger partial charge in [0.2, 0.25) is 5.91 Å². The minimum atomic E-state index is -0.948. The van der Waals surface area contributed by atoms with E-state index in [2.05, 4.69) is 5.32 Å². The van der Waals surface area contributed by atoms with Gasteiger partial charge in [-0.05, 0) is 24.6 Å². The van der Waals surface area contributed by atoms with Gasteiger partial charge in [0, 0.05) is 11.6 Å². The molecule has 2 rings (SSSR count). The van der Waals surface area contributed by atoms with Gasteiger partial charge in [-0.25, -0.2) is 18.1 Å². The predicted molar refractivity (Wildman–Crippen MR) is 103 cm³/mol. The Morgan fingerprint density at radius 3 is 2.17 bits per heavy atom. The molecule has 0 fully saturated rings.